The highest BCUT2D eigenvalue weighted by atomic mass is 127. The number of aliphatic hydroxyl groups is 8. The first-order chi connectivity index (χ1) is 34.8. The van der Waals surface area contributed by atoms with Crippen molar-refractivity contribution in [2.75, 3.05) is 97.3 Å². The number of carbonyl (C=O) groups excluding carboxylic acids is 4. The Bertz CT molecular complexity index is 2310. The number of nitrogens with zero attached hydrogens (tertiary/aromatic N) is 4. The first-order valence-corrected chi connectivity index (χ1v) is 25.3. The number of halogens is 20. The monoisotopic (exact) mass is 1520 g/mol. The summed E-state index contributed by atoms with van der Waals surface area (Å²) in [5.41, 5.74) is -1.41. The fraction of sp³-hybridized carbons (Fsp3) is 0.722. The predicted octanol–water partition coefficient (Wildman–Crippen LogP) is 1.19. The van der Waals surface area contributed by atoms with Gasteiger partial charge in [0, 0.05) is 55.9 Å². The van der Waals surface area contributed by atoms with Crippen LogP contribution in [0.3, 0.4) is 0 Å². The molecular weight excluding hydrogens is 1480 g/mol. The van der Waals surface area contributed by atoms with E-state index in [0.717, 1.165) is 9.80 Å². The quantitative estimate of drug-likeness (QED) is 0.0442. The van der Waals surface area contributed by atoms with Gasteiger partial charge in [-0.2, -0.15) is 78.9 Å². The number of benzene rings is 1. The molecule has 1 aliphatic rings. The number of carbonyl (C=O) groups is 4. The van der Waals surface area contributed by atoms with Crippen molar-refractivity contribution in [2.45, 2.75) is 71.4 Å². The molecule has 4 atom stereocenters. The SMILES string of the molecule is O=C(COCC(=O)N1CCN(S(=O)(=O)C(F)(F)C(F)(F)C(F)(F)C(F)(F)C(F)(F)C(F)(F)C(F)(F)C(F)(F)F)CC1)Nc1c(I)c(C(=O)N(CC(O)CO)CC(O)CO)c(I)c(C(=O)N(CC(O)CO)CC(O)CO)c1I. The van der Waals surface area contributed by atoms with E-state index in [9.17, 15) is 143 Å². The molecule has 2 rings (SSSR count). The number of hydrogen-bond donors (Lipinski definition) is 9. The van der Waals surface area contributed by atoms with E-state index in [1.54, 1.807) is 0 Å². The van der Waals surface area contributed by atoms with Crippen LogP contribution in [0.2, 0.25) is 0 Å². The highest BCUT2D eigenvalue weighted by Gasteiger charge is 2.96. The molecule has 1 saturated heterocycles. The van der Waals surface area contributed by atoms with Gasteiger partial charge in [0.2, 0.25) is 11.8 Å². The van der Waals surface area contributed by atoms with E-state index >= 15 is 0 Å². The topological polar surface area (TPSA) is 298 Å². The Morgan fingerprint density at radius 1 is 0.532 bits per heavy atom. The van der Waals surface area contributed by atoms with E-state index in [-0.39, 0.29) is 10.7 Å². The van der Waals surface area contributed by atoms with Gasteiger partial charge in [0.25, 0.3) is 21.8 Å². The highest BCUT2D eigenvalue weighted by Crippen LogP contribution is 2.64. The third-order valence-corrected chi connectivity index (χ3v) is 15.7. The van der Waals surface area contributed by atoms with Gasteiger partial charge in [-0.15, -0.1) is 0 Å². The van der Waals surface area contributed by atoms with Gasteiger partial charge in [0.05, 0.1) is 74.8 Å². The maximum Gasteiger partial charge on any atom is 0.460 e. The van der Waals surface area contributed by atoms with Crippen LogP contribution in [-0.2, 0) is 24.3 Å². The van der Waals surface area contributed by atoms with E-state index in [2.05, 4.69) is 5.32 Å². The minimum absolute atomic E-state index is 0.236. The molecule has 0 bridgehead atoms. The summed E-state index contributed by atoms with van der Waals surface area (Å²) in [6.07, 6.45) is -14.7. The van der Waals surface area contributed by atoms with Crippen LogP contribution in [0.25, 0.3) is 0 Å². The molecule has 4 amide bonds. The molecule has 20 nitrogen and oxygen atoms in total. The maximum atomic E-state index is 14.9. The number of rotatable bonds is 27. The summed E-state index contributed by atoms with van der Waals surface area (Å²) in [5, 5.41) is 73.0. The normalized spacial score (nSPS) is 16.7. The van der Waals surface area contributed by atoms with Gasteiger partial charge in [-0.3, -0.25) is 19.2 Å². The molecule has 1 aliphatic heterocycles. The van der Waals surface area contributed by atoms with Crippen molar-refractivity contribution in [3.8, 4) is 0 Å². The number of nitrogens with one attached hydrogen (secondary N) is 1. The molecule has 0 radical (unpaired) electrons. The van der Waals surface area contributed by atoms with Crippen molar-refractivity contribution in [1.82, 2.24) is 19.0 Å². The first kappa shape index (κ1) is 70.8. The van der Waals surface area contributed by atoms with Crippen molar-refractivity contribution >= 4 is 107 Å². The van der Waals surface area contributed by atoms with Crippen LogP contribution in [0.4, 0.5) is 80.3 Å². The standard InChI is InChI=1S/C36H41F17I3N5O15S/c37-29(38,31(41,42)33(45,46)35(49,50)51)30(39,40)32(43,44)34(47,48)36(52,53)77(74,75)61-3-1-58(2-4-61)20(71)14-76-13-19(70)57-26-24(55)21(27(72)59(5-15(66)9-62)6-16(67)10-63)23(54)22(25(26)56)28(73)60(7-17(68)11-64)8-18(69)12-65/h15-18,62-69H,1-14H2,(H,57,70). The van der Waals surface area contributed by atoms with Crippen LogP contribution in [-0.4, -0.2) is 255 Å². The lowest BCUT2D eigenvalue weighted by molar-refractivity contribution is -0.458. The van der Waals surface area contributed by atoms with Crippen molar-refractivity contribution in [3.05, 3.63) is 21.8 Å². The summed E-state index contributed by atoms with van der Waals surface area (Å²) in [7, 11) is -7.65. The molecule has 1 aromatic carbocycles. The zero-order valence-corrected chi connectivity index (χ0v) is 45.2. The fourth-order valence-corrected chi connectivity index (χ4v) is 12.1. The molecular formula is C36H41F17I3N5O15S. The smallest absolute Gasteiger partial charge is 0.394 e. The number of alkyl halides is 17. The zero-order chi connectivity index (χ0) is 60.2. The van der Waals surface area contributed by atoms with Gasteiger partial charge in [0.1, 0.15) is 13.2 Å². The van der Waals surface area contributed by atoms with E-state index in [1.165, 1.54) is 67.8 Å². The largest absolute Gasteiger partial charge is 0.460 e. The maximum absolute atomic E-state index is 14.9. The lowest BCUT2D eigenvalue weighted by atomic mass is 9.91. The Labute approximate surface area is 461 Å². The summed E-state index contributed by atoms with van der Waals surface area (Å²) < 4.78 is 263. The molecule has 0 aliphatic carbocycles. The Morgan fingerprint density at radius 2 is 0.857 bits per heavy atom. The number of ether oxygens (including phenoxy) is 1. The Kier molecular flexibility index (Phi) is 24.1. The molecule has 0 spiro atoms. The molecule has 0 saturated carbocycles. The highest BCUT2D eigenvalue weighted by molar-refractivity contribution is 14.1. The van der Waals surface area contributed by atoms with Crippen molar-refractivity contribution in [3.63, 3.8) is 0 Å². The summed E-state index contributed by atoms with van der Waals surface area (Å²) >= 11 is 4.48. The van der Waals surface area contributed by atoms with Crippen LogP contribution in [0, 0.1) is 10.7 Å². The molecule has 1 fully saturated rings. The lowest BCUT2D eigenvalue weighted by Gasteiger charge is -2.43. The second kappa shape index (κ2) is 26.3. The Balaban J connectivity index is 2.45. The number of anilines is 1. The van der Waals surface area contributed by atoms with Crippen molar-refractivity contribution in [2.24, 2.45) is 0 Å². The minimum atomic E-state index is -9.04. The summed E-state index contributed by atoms with van der Waals surface area (Å²) in [4.78, 5) is 56.5. The van der Waals surface area contributed by atoms with Gasteiger partial charge in [-0.1, -0.05) is 0 Å². The molecule has 9 N–H and O–H groups in total. The van der Waals surface area contributed by atoms with Gasteiger partial charge in [-0.05, 0) is 67.8 Å². The third kappa shape index (κ3) is 14.1. The van der Waals surface area contributed by atoms with E-state index in [0.29, 0.717) is 4.90 Å². The molecule has 41 heteroatoms. The number of sulfonamides is 1. The summed E-state index contributed by atoms with van der Waals surface area (Å²) in [5.74, 6) is -57.7. The number of aliphatic hydroxyl groups excluding tert-OH is 8. The Hall–Kier alpha value is -2.35. The Morgan fingerprint density at radius 3 is 1.18 bits per heavy atom. The van der Waals surface area contributed by atoms with Gasteiger partial charge >= 0.3 is 47.0 Å². The molecule has 446 valence electrons. The van der Waals surface area contributed by atoms with Crippen LogP contribution < -0.4 is 5.32 Å². The van der Waals surface area contributed by atoms with Gasteiger partial charge < -0.3 is 65.6 Å². The minimum Gasteiger partial charge on any atom is -0.394 e. The third-order valence-electron chi connectivity index (χ3n) is 10.6. The second-order valence-corrected chi connectivity index (χ2v) is 21.3. The van der Waals surface area contributed by atoms with Crippen LogP contribution in [0.1, 0.15) is 20.7 Å². The molecule has 4 unspecified atom stereocenters. The van der Waals surface area contributed by atoms with Crippen molar-refractivity contribution < 1.29 is 148 Å². The molecule has 1 aromatic rings. The number of hydrogen-bond acceptors (Lipinski definition) is 15. The van der Waals surface area contributed by atoms with Gasteiger partial charge in [0.15, 0.2) is 0 Å². The average Bonchev–Trinajstić information content (AvgIpc) is 3.33. The number of amides is 4. The molecule has 1 heterocycles. The molecule has 77 heavy (non-hydrogen) atoms. The van der Waals surface area contributed by atoms with Gasteiger partial charge in [-0.25, -0.2) is 8.42 Å². The van der Waals surface area contributed by atoms with Crippen molar-refractivity contribution in [1.29, 1.82) is 0 Å². The fourth-order valence-electron chi connectivity index (χ4n) is 6.34. The van der Waals surface area contributed by atoms with Crippen LogP contribution in [0.5, 0.6) is 0 Å². The second-order valence-electron chi connectivity index (χ2n) is 16.1. The van der Waals surface area contributed by atoms with Crippen LogP contribution in [0.15, 0.2) is 0 Å². The predicted molar refractivity (Wildman–Crippen MR) is 246 cm³/mol. The van der Waals surface area contributed by atoms with E-state index in [4.69, 9.17) is 4.74 Å². The lowest BCUT2D eigenvalue weighted by Crippen LogP contribution is -2.75. The zero-order valence-electron chi connectivity index (χ0n) is 37.9. The van der Waals surface area contributed by atoms with E-state index < -0.39 is 218 Å². The average molecular weight is 1520 g/mol. The van der Waals surface area contributed by atoms with Crippen LogP contribution >= 0.6 is 67.8 Å². The summed E-state index contributed by atoms with van der Waals surface area (Å²) in [6.45, 7) is -15.1. The molecule has 0 aromatic heterocycles. The number of piperazine rings is 1. The van der Waals surface area contributed by atoms with E-state index in [1.807, 2.05) is 0 Å². The summed E-state index contributed by atoms with van der Waals surface area (Å²) in [6, 6.07) is 0. The first-order valence-electron chi connectivity index (χ1n) is 20.6.